The van der Waals surface area contributed by atoms with E-state index in [1.807, 2.05) is 0 Å². The van der Waals surface area contributed by atoms with Gasteiger partial charge in [-0.2, -0.15) is 0 Å². The number of carbonyl (C=O) groups excluding carboxylic acids is 1. The van der Waals surface area contributed by atoms with Crippen molar-refractivity contribution in [2.24, 2.45) is 5.16 Å². The van der Waals surface area contributed by atoms with Crippen LogP contribution in [0.25, 0.3) is 0 Å². The molecule has 1 heterocycles. The lowest BCUT2D eigenvalue weighted by molar-refractivity contribution is -0.141. The second-order valence-corrected chi connectivity index (χ2v) is 4.77. The number of carbonyl (C=O) groups is 1. The first-order chi connectivity index (χ1) is 9.57. The van der Waals surface area contributed by atoms with Crippen molar-refractivity contribution in [3.05, 3.63) is 35.6 Å². The average Bonchev–Trinajstić information content (AvgIpc) is 2.83. The van der Waals surface area contributed by atoms with Crippen LogP contribution in [-0.4, -0.2) is 37.5 Å². The molecule has 1 atom stereocenters. The van der Waals surface area contributed by atoms with Gasteiger partial charge < -0.3 is 14.9 Å². The van der Waals surface area contributed by atoms with Crippen molar-refractivity contribution in [2.75, 3.05) is 20.3 Å². The normalized spacial score (nSPS) is 21.2. The van der Waals surface area contributed by atoms with Crippen LogP contribution in [0, 0.1) is 5.82 Å². The number of rotatable bonds is 5. The molecular formula is C14H17FN2O3. The Morgan fingerprint density at radius 1 is 1.55 bits per heavy atom. The Kier molecular flexibility index (Phi) is 4.34. The predicted octanol–water partition coefficient (Wildman–Crippen LogP) is 1.47. The number of hydrogen-bond donors (Lipinski definition) is 1. The minimum absolute atomic E-state index is 0.229. The molecule has 1 aliphatic rings. The van der Waals surface area contributed by atoms with Gasteiger partial charge in [0.25, 0.3) is 5.91 Å². The summed E-state index contributed by atoms with van der Waals surface area (Å²) < 4.78 is 18.5. The molecule has 0 aromatic heterocycles. The van der Waals surface area contributed by atoms with Crippen LogP contribution >= 0.6 is 0 Å². The molecule has 1 N–H and O–H groups in total. The molecule has 1 amide bonds. The molecule has 0 saturated heterocycles. The third-order valence-electron chi connectivity index (χ3n) is 3.12. The van der Waals surface area contributed by atoms with Gasteiger partial charge in [0.1, 0.15) is 5.82 Å². The lowest BCUT2D eigenvalue weighted by Gasteiger charge is -2.20. The van der Waals surface area contributed by atoms with Gasteiger partial charge in [-0.25, -0.2) is 4.39 Å². The van der Waals surface area contributed by atoms with E-state index in [0.29, 0.717) is 24.4 Å². The number of oxime groups is 1. The number of nitrogens with zero attached hydrogens (tertiary/aromatic N) is 1. The molecule has 0 aliphatic carbocycles. The van der Waals surface area contributed by atoms with Crippen LogP contribution in [-0.2, 0) is 14.4 Å². The van der Waals surface area contributed by atoms with E-state index in [1.165, 1.54) is 6.07 Å². The second-order valence-electron chi connectivity index (χ2n) is 4.77. The Labute approximate surface area is 116 Å². The summed E-state index contributed by atoms with van der Waals surface area (Å²) >= 11 is 0. The van der Waals surface area contributed by atoms with Crippen LogP contribution in [0.1, 0.15) is 18.9 Å². The summed E-state index contributed by atoms with van der Waals surface area (Å²) in [6, 6.07) is 6.29. The smallest absolute Gasteiger partial charge is 0.267 e. The van der Waals surface area contributed by atoms with E-state index in [1.54, 1.807) is 32.2 Å². The van der Waals surface area contributed by atoms with Gasteiger partial charge in [-0.1, -0.05) is 23.4 Å². The van der Waals surface area contributed by atoms with Crippen LogP contribution in [0.3, 0.4) is 0 Å². The molecule has 1 aromatic rings. The zero-order valence-corrected chi connectivity index (χ0v) is 11.5. The number of benzene rings is 1. The van der Waals surface area contributed by atoms with Gasteiger partial charge >= 0.3 is 0 Å². The van der Waals surface area contributed by atoms with Crippen molar-refractivity contribution in [1.82, 2.24) is 5.32 Å². The summed E-state index contributed by atoms with van der Waals surface area (Å²) in [6.07, 6.45) is 0.229. The fourth-order valence-corrected chi connectivity index (χ4v) is 1.95. The standard InChI is InChI=1S/C14H17FN2O3/c1-14(13(18)16-7-8-19-2)9-12(17-20-14)10-5-3-4-6-11(10)15/h3-6H,7-9H2,1-2H3,(H,16,18)/t14-/m0/s1. The monoisotopic (exact) mass is 280 g/mol. The first-order valence-electron chi connectivity index (χ1n) is 6.34. The average molecular weight is 280 g/mol. The van der Waals surface area contributed by atoms with E-state index in [2.05, 4.69) is 10.5 Å². The predicted molar refractivity (Wildman–Crippen MR) is 71.9 cm³/mol. The molecule has 2 rings (SSSR count). The number of hydrogen-bond acceptors (Lipinski definition) is 4. The Hall–Kier alpha value is -1.95. The van der Waals surface area contributed by atoms with E-state index in [9.17, 15) is 9.18 Å². The molecule has 0 saturated carbocycles. The first-order valence-corrected chi connectivity index (χ1v) is 6.34. The highest BCUT2D eigenvalue weighted by Crippen LogP contribution is 2.27. The number of methoxy groups -OCH3 is 1. The third kappa shape index (κ3) is 2.96. The van der Waals surface area contributed by atoms with E-state index >= 15 is 0 Å². The Morgan fingerprint density at radius 2 is 2.30 bits per heavy atom. The van der Waals surface area contributed by atoms with Gasteiger partial charge in [0, 0.05) is 25.6 Å². The molecule has 0 spiro atoms. The molecule has 20 heavy (non-hydrogen) atoms. The van der Waals surface area contributed by atoms with Crippen molar-refractivity contribution >= 4 is 11.6 Å². The summed E-state index contributed by atoms with van der Waals surface area (Å²) in [4.78, 5) is 17.3. The van der Waals surface area contributed by atoms with Gasteiger partial charge in [0.05, 0.1) is 12.3 Å². The van der Waals surface area contributed by atoms with E-state index < -0.39 is 5.60 Å². The van der Waals surface area contributed by atoms with Crippen LogP contribution in [0.2, 0.25) is 0 Å². The molecule has 0 fully saturated rings. The van der Waals surface area contributed by atoms with Crippen molar-refractivity contribution in [2.45, 2.75) is 18.9 Å². The highest BCUT2D eigenvalue weighted by molar-refractivity contribution is 6.05. The maximum absolute atomic E-state index is 13.7. The Balaban J connectivity index is 2.03. The molecule has 0 unspecified atom stereocenters. The van der Waals surface area contributed by atoms with E-state index in [0.717, 1.165) is 0 Å². The van der Waals surface area contributed by atoms with E-state index in [-0.39, 0.29) is 18.1 Å². The summed E-state index contributed by atoms with van der Waals surface area (Å²) in [5.74, 6) is -0.663. The summed E-state index contributed by atoms with van der Waals surface area (Å²) in [7, 11) is 1.55. The Morgan fingerprint density at radius 3 is 3.00 bits per heavy atom. The number of ether oxygens (including phenoxy) is 1. The molecule has 6 heteroatoms. The topological polar surface area (TPSA) is 59.9 Å². The fraction of sp³-hybridized carbons (Fsp3) is 0.429. The van der Waals surface area contributed by atoms with Gasteiger partial charge in [-0.3, -0.25) is 4.79 Å². The summed E-state index contributed by atoms with van der Waals surface area (Å²) in [5, 5.41) is 6.55. The molecule has 1 aliphatic heterocycles. The Bertz CT molecular complexity index is 533. The third-order valence-corrected chi connectivity index (χ3v) is 3.12. The lowest BCUT2D eigenvalue weighted by Crippen LogP contribution is -2.45. The molecular weight excluding hydrogens is 263 g/mol. The number of nitrogens with one attached hydrogen (secondary N) is 1. The lowest BCUT2D eigenvalue weighted by atomic mass is 9.95. The quantitative estimate of drug-likeness (QED) is 0.831. The molecule has 0 radical (unpaired) electrons. The van der Waals surface area contributed by atoms with Crippen LogP contribution in [0.15, 0.2) is 29.4 Å². The minimum atomic E-state index is -1.11. The zero-order valence-electron chi connectivity index (χ0n) is 11.5. The van der Waals surface area contributed by atoms with Crippen molar-refractivity contribution < 1.29 is 18.8 Å². The molecule has 108 valence electrons. The molecule has 0 bridgehead atoms. The van der Waals surface area contributed by atoms with Gasteiger partial charge in [-0.15, -0.1) is 0 Å². The van der Waals surface area contributed by atoms with Crippen LogP contribution in [0.4, 0.5) is 4.39 Å². The first kappa shape index (κ1) is 14.5. The highest BCUT2D eigenvalue weighted by Gasteiger charge is 2.42. The highest BCUT2D eigenvalue weighted by atomic mass is 19.1. The molecule has 1 aromatic carbocycles. The van der Waals surface area contributed by atoms with Crippen molar-refractivity contribution in [1.29, 1.82) is 0 Å². The van der Waals surface area contributed by atoms with Crippen LogP contribution < -0.4 is 5.32 Å². The van der Waals surface area contributed by atoms with Gasteiger partial charge in [0.15, 0.2) is 0 Å². The largest absolute Gasteiger partial charge is 0.383 e. The minimum Gasteiger partial charge on any atom is -0.383 e. The van der Waals surface area contributed by atoms with Gasteiger partial charge in [-0.05, 0) is 13.0 Å². The van der Waals surface area contributed by atoms with Crippen LogP contribution in [0.5, 0.6) is 0 Å². The SMILES string of the molecule is COCCNC(=O)[C@]1(C)CC(c2ccccc2F)=NO1. The van der Waals surface area contributed by atoms with Crippen molar-refractivity contribution in [3.63, 3.8) is 0 Å². The maximum atomic E-state index is 13.7. The zero-order chi connectivity index (χ0) is 14.6. The fourth-order valence-electron chi connectivity index (χ4n) is 1.95. The maximum Gasteiger partial charge on any atom is 0.267 e. The van der Waals surface area contributed by atoms with Crippen molar-refractivity contribution in [3.8, 4) is 0 Å². The summed E-state index contributed by atoms with van der Waals surface area (Å²) in [6.45, 7) is 2.44. The van der Waals surface area contributed by atoms with E-state index in [4.69, 9.17) is 9.57 Å². The number of amides is 1. The summed E-state index contributed by atoms with van der Waals surface area (Å²) in [5.41, 5.74) is -0.306. The molecule has 5 nitrogen and oxygen atoms in total. The second kappa shape index (κ2) is 6.00. The van der Waals surface area contributed by atoms with Gasteiger partial charge in [0.2, 0.25) is 5.60 Å². The number of halogens is 1.